The molecule has 0 aliphatic carbocycles. The van der Waals surface area contributed by atoms with Crippen LogP contribution in [0, 0.1) is 13.8 Å². The summed E-state index contributed by atoms with van der Waals surface area (Å²) >= 11 is 1.14. The zero-order chi connectivity index (χ0) is 21.8. The highest BCUT2D eigenvalue weighted by molar-refractivity contribution is 7.99. The van der Waals surface area contributed by atoms with Gasteiger partial charge in [0, 0.05) is 11.8 Å². The Morgan fingerprint density at radius 2 is 1.84 bits per heavy atom. The van der Waals surface area contributed by atoms with E-state index in [4.69, 9.17) is 9.47 Å². The summed E-state index contributed by atoms with van der Waals surface area (Å²) < 4.78 is 12.5. The Balaban J connectivity index is 1.34. The molecule has 1 aliphatic rings. The molecular formula is C20H20N6O4S. The van der Waals surface area contributed by atoms with Crippen LogP contribution in [0.2, 0.25) is 0 Å². The number of para-hydroxylation sites is 1. The van der Waals surface area contributed by atoms with Crippen molar-refractivity contribution in [2.75, 3.05) is 24.3 Å². The second-order valence-electron chi connectivity index (χ2n) is 6.76. The molecule has 4 rings (SSSR count). The second kappa shape index (κ2) is 9.04. The van der Waals surface area contributed by atoms with E-state index in [1.807, 2.05) is 32.0 Å². The number of nitrogens with one attached hydrogen (secondary N) is 2. The average Bonchev–Trinajstić information content (AvgIpc) is 3.20. The van der Waals surface area contributed by atoms with Gasteiger partial charge < -0.3 is 14.8 Å². The topological polar surface area (TPSA) is 120 Å². The Morgan fingerprint density at radius 1 is 1.10 bits per heavy atom. The summed E-state index contributed by atoms with van der Waals surface area (Å²) in [7, 11) is 0. The molecule has 10 nitrogen and oxygen atoms in total. The molecule has 31 heavy (non-hydrogen) atoms. The van der Waals surface area contributed by atoms with Crippen molar-refractivity contribution in [2.24, 2.45) is 0 Å². The van der Waals surface area contributed by atoms with Gasteiger partial charge in [0.2, 0.25) is 11.1 Å². The van der Waals surface area contributed by atoms with E-state index in [0.29, 0.717) is 35.6 Å². The van der Waals surface area contributed by atoms with Crippen molar-refractivity contribution in [3.05, 3.63) is 47.5 Å². The summed E-state index contributed by atoms with van der Waals surface area (Å²) in [6.07, 6.45) is 0. The van der Waals surface area contributed by atoms with Crippen molar-refractivity contribution in [3.63, 3.8) is 0 Å². The number of aryl methyl sites for hydroxylation is 2. The number of thioether (sulfide) groups is 1. The van der Waals surface area contributed by atoms with Gasteiger partial charge in [-0.2, -0.15) is 4.68 Å². The molecule has 2 heterocycles. The highest BCUT2D eigenvalue weighted by Gasteiger charge is 2.17. The van der Waals surface area contributed by atoms with Crippen molar-refractivity contribution in [1.82, 2.24) is 25.5 Å². The molecule has 160 valence electrons. The van der Waals surface area contributed by atoms with Crippen LogP contribution in [0.1, 0.15) is 11.1 Å². The molecule has 3 aromatic rings. The summed E-state index contributed by atoms with van der Waals surface area (Å²) in [5, 5.41) is 17.1. The number of carbonyl (C=O) groups is 2. The van der Waals surface area contributed by atoms with Gasteiger partial charge in [-0.15, -0.1) is 5.10 Å². The van der Waals surface area contributed by atoms with Crippen LogP contribution in [0.15, 0.2) is 41.6 Å². The van der Waals surface area contributed by atoms with Gasteiger partial charge >= 0.3 is 6.03 Å². The van der Waals surface area contributed by atoms with E-state index in [0.717, 1.165) is 28.6 Å². The standard InChI is InChI=1S/C20H20N6O4S/c1-12-4-3-5-13(2)18(12)26-20(23-24-25-26)31-11-17(27)22-19(28)21-14-6-7-15-16(10-14)30-9-8-29-15/h3-7,10H,8-9,11H2,1-2H3,(H2,21,22,27,28). The number of nitrogens with zero attached hydrogens (tertiary/aromatic N) is 4. The molecule has 0 saturated carbocycles. The van der Waals surface area contributed by atoms with Crippen LogP contribution < -0.4 is 20.1 Å². The molecule has 1 aromatic heterocycles. The summed E-state index contributed by atoms with van der Waals surface area (Å²) in [4.78, 5) is 24.4. The minimum atomic E-state index is -0.642. The Morgan fingerprint density at radius 3 is 2.61 bits per heavy atom. The van der Waals surface area contributed by atoms with E-state index in [9.17, 15) is 9.59 Å². The fraction of sp³-hybridized carbons (Fsp3) is 0.250. The lowest BCUT2D eigenvalue weighted by atomic mass is 10.1. The normalized spacial score (nSPS) is 12.3. The minimum absolute atomic E-state index is 0.0279. The third-order valence-corrected chi connectivity index (χ3v) is 5.40. The number of hydrogen-bond acceptors (Lipinski definition) is 8. The lowest BCUT2D eigenvalue weighted by molar-refractivity contribution is -0.117. The summed E-state index contributed by atoms with van der Waals surface area (Å²) in [5.41, 5.74) is 3.38. The van der Waals surface area contributed by atoms with Gasteiger partial charge in [0.15, 0.2) is 11.5 Å². The monoisotopic (exact) mass is 440 g/mol. The van der Waals surface area contributed by atoms with Crippen molar-refractivity contribution >= 4 is 29.4 Å². The summed E-state index contributed by atoms with van der Waals surface area (Å²) in [6, 6.07) is 10.3. The molecular weight excluding hydrogens is 420 g/mol. The van der Waals surface area contributed by atoms with E-state index in [2.05, 4.69) is 26.2 Å². The largest absolute Gasteiger partial charge is 0.486 e. The van der Waals surface area contributed by atoms with Crippen molar-refractivity contribution in [2.45, 2.75) is 19.0 Å². The SMILES string of the molecule is Cc1cccc(C)c1-n1nnnc1SCC(=O)NC(=O)Nc1ccc2c(c1)OCCO2. The molecule has 0 fully saturated rings. The number of urea groups is 1. The molecule has 1 aliphatic heterocycles. The van der Waals surface area contributed by atoms with E-state index in [1.54, 1.807) is 22.9 Å². The number of hydrogen-bond donors (Lipinski definition) is 2. The Bertz CT molecular complexity index is 1110. The molecule has 11 heteroatoms. The van der Waals surface area contributed by atoms with Gasteiger partial charge in [-0.05, 0) is 47.5 Å². The number of benzene rings is 2. The Labute approximate surface area is 182 Å². The number of aromatic nitrogens is 4. The number of carbonyl (C=O) groups excluding carboxylic acids is 2. The van der Waals surface area contributed by atoms with Gasteiger partial charge in [-0.1, -0.05) is 30.0 Å². The lowest BCUT2D eigenvalue weighted by Crippen LogP contribution is -2.35. The first-order valence-electron chi connectivity index (χ1n) is 9.49. The lowest BCUT2D eigenvalue weighted by Gasteiger charge is -2.19. The van der Waals surface area contributed by atoms with Crippen LogP contribution in [0.25, 0.3) is 5.69 Å². The first kappa shape index (κ1) is 20.7. The van der Waals surface area contributed by atoms with Gasteiger partial charge in [0.1, 0.15) is 13.2 Å². The fourth-order valence-corrected chi connectivity index (χ4v) is 3.80. The maximum Gasteiger partial charge on any atom is 0.325 e. The Kier molecular flexibility index (Phi) is 6.03. The van der Waals surface area contributed by atoms with Crippen LogP contribution in [0.4, 0.5) is 10.5 Å². The third-order valence-electron chi connectivity index (χ3n) is 4.48. The predicted octanol–water partition coefficient (Wildman–Crippen LogP) is 2.49. The van der Waals surface area contributed by atoms with Crippen molar-refractivity contribution < 1.29 is 19.1 Å². The van der Waals surface area contributed by atoms with E-state index in [1.165, 1.54) is 0 Å². The molecule has 2 aromatic carbocycles. The molecule has 0 unspecified atom stereocenters. The van der Waals surface area contributed by atoms with Crippen LogP contribution in [-0.4, -0.2) is 51.1 Å². The van der Waals surface area contributed by atoms with Gasteiger partial charge in [-0.3, -0.25) is 10.1 Å². The highest BCUT2D eigenvalue weighted by atomic mass is 32.2. The first-order valence-corrected chi connectivity index (χ1v) is 10.5. The van der Waals surface area contributed by atoms with Gasteiger partial charge in [0.05, 0.1) is 11.4 Å². The quantitative estimate of drug-likeness (QED) is 0.581. The summed E-state index contributed by atoms with van der Waals surface area (Å²) in [5.74, 6) is 0.659. The molecule has 0 bridgehead atoms. The van der Waals surface area contributed by atoms with E-state index in [-0.39, 0.29) is 5.75 Å². The van der Waals surface area contributed by atoms with E-state index < -0.39 is 11.9 Å². The number of ether oxygens (including phenoxy) is 2. The minimum Gasteiger partial charge on any atom is -0.486 e. The zero-order valence-corrected chi connectivity index (χ0v) is 17.7. The number of rotatable bonds is 5. The number of imide groups is 1. The maximum absolute atomic E-state index is 12.2. The van der Waals surface area contributed by atoms with Crippen LogP contribution in [0.3, 0.4) is 0 Å². The zero-order valence-electron chi connectivity index (χ0n) is 16.9. The maximum atomic E-state index is 12.2. The van der Waals surface area contributed by atoms with Crippen LogP contribution in [0.5, 0.6) is 11.5 Å². The Hall–Kier alpha value is -3.60. The van der Waals surface area contributed by atoms with Crippen LogP contribution >= 0.6 is 11.8 Å². The van der Waals surface area contributed by atoms with Crippen molar-refractivity contribution in [1.29, 1.82) is 0 Å². The first-order chi connectivity index (χ1) is 15.0. The number of anilines is 1. The summed E-state index contributed by atoms with van der Waals surface area (Å²) in [6.45, 7) is 4.86. The highest BCUT2D eigenvalue weighted by Crippen LogP contribution is 2.32. The molecule has 0 saturated heterocycles. The molecule has 0 atom stereocenters. The number of amides is 3. The third kappa shape index (κ3) is 4.77. The molecule has 0 spiro atoms. The van der Waals surface area contributed by atoms with Crippen LogP contribution in [-0.2, 0) is 4.79 Å². The van der Waals surface area contributed by atoms with Gasteiger partial charge in [-0.25, -0.2) is 4.79 Å². The number of tetrazole rings is 1. The molecule has 3 amide bonds. The molecule has 2 N–H and O–H groups in total. The van der Waals surface area contributed by atoms with Gasteiger partial charge in [0.25, 0.3) is 0 Å². The fourth-order valence-electron chi connectivity index (χ4n) is 3.13. The molecule has 0 radical (unpaired) electrons. The smallest absolute Gasteiger partial charge is 0.325 e. The average molecular weight is 440 g/mol. The van der Waals surface area contributed by atoms with E-state index >= 15 is 0 Å². The predicted molar refractivity (Wildman–Crippen MR) is 114 cm³/mol. The second-order valence-corrected chi connectivity index (χ2v) is 7.71. The van der Waals surface area contributed by atoms with Crippen molar-refractivity contribution in [3.8, 4) is 17.2 Å². The number of fused-ring (bicyclic) bond motifs is 1.